The molecule has 2 aliphatic rings. The van der Waals surface area contributed by atoms with Gasteiger partial charge in [-0.2, -0.15) is 0 Å². The van der Waals surface area contributed by atoms with Crippen LogP contribution >= 0.6 is 23.2 Å². The first-order valence-corrected chi connectivity index (χ1v) is 7.19. The Bertz CT molecular complexity index is 446. The van der Waals surface area contributed by atoms with Crippen LogP contribution in [0.15, 0.2) is 0 Å². The molecule has 0 radical (unpaired) electrons. The molecule has 98 valence electrons. The first-order valence-electron chi connectivity index (χ1n) is 6.43. The molecule has 3 rings (SSSR count). The first kappa shape index (κ1) is 12.5. The maximum absolute atomic E-state index is 6.09. The number of fused-ring (bicyclic) bond motifs is 1. The van der Waals surface area contributed by atoms with Gasteiger partial charge in [-0.3, -0.25) is 0 Å². The van der Waals surface area contributed by atoms with Gasteiger partial charge in [0.15, 0.2) is 0 Å². The van der Waals surface area contributed by atoms with E-state index in [0.717, 1.165) is 37.4 Å². The normalized spacial score (nSPS) is 19.6. The molecule has 1 saturated heterocycles. The summed E-state index contributed by atoms with van der Waals surface area (Å²) in [4.78, 5) is 13.1. The van der Waals surface area contributed by atoms with Gasteiger partial charge in [0, 0.05) is 25.2 Å². The molecule has 0 N–H and O–H groups in total. The highest BCUT2D eigenvalue weighted by Gasteiger charge is 2.25. The molecule has 3 heterocycles. The third kappa shape index (κ3) is 2.42. The zero-order valence-corrected chi connectivity index (χ0v) is 11.7. The Morgan fingerprint density at radius 3 is 2.56 bits per heavy atom. The van der Waals surface area contributed by atoms with Crippen molar-refractivity contribution in [3.8, 4) is 0 Å². The van der Waals surface area contributed by atoms with E-state index in [2.05, 4.69) is 19.8 Å². The quantitative estimate of drug-likeness (QED) is 0.630. The summed E-state index contributed by atoms with van der Waals surface area (Å²) < 4.78 is 0. The van der Waals surface area contributed by atoms with E-state index in [1.807, 2.05) is 0 Å². The van der Waals surface area contributed by atoms with Gasteiger partial charge in [0.25, 0.3) is 0 Å². The Morgan fingerprint density at radius 1 is 1.00 bits per heavy atom. The van der Waals surface area contributed by atoms with Crippen molar-refractivity contribution in [2.75, 3.05) is 37.6 Å². The van der Waals surface area contributed by atoms with Crippen LogP contribution < -0.4 is 4.90 Å². The molecule has 0 amide bonds. The van der Waals surface area contributed by atoms with Crippen molar-refractivity contribution in [1.29, 1.82) is 0 Å². The van der Waals surface area contributed by atoms with E-state index in [0.29, 0.717) is 5.15 Å². The maximum atomic E-state index is 6.09. The van der Waals surface area contributed by atoms with Crippen molar-refractivity contribution in [1.82, 2.24) is 14.9 Å². The molecule has 18 heavy (non-hydrogen) atoms. The van der Waals surface area contributed by atoms with Crippen LogP contribution in [0.2, 0.25) is 10.4 Å². The second-order valence-electron chi connectivity index (χ2n) is 4.87. The average Bonchev–Trinajstić information content (AvgIpc) is 2.94. The Labute approximate surface area is 117 Å². The largest absolute Gasteiger partial charge is 0.355 e. The second kappa shape index (κ2) is 5.19. The Hall–Kier alpha value is -0.580. The standard InChI is InChI=1S/C12H16Cl2N4/c13-10-9-3-6-18(11(9)16-12(14)15-10)8-7-17-4-1-2-5-17/h1-8H2. The van der Waals surface area contributed by atoms with Crippen LogP contribution in [0.4, 0.5) is 5.82 Å². The highest BCUT2D eigenvalue weighted by molar-refractivity contribution is 6.32. The van der Waals surface area contributed by atoms with E-state index in [-0.39, 0.29) is 5.28 Å². The van der Waals surface area contributed by atoms with E-state index < -0.39 is 0 Å². The number of halogens is 2. The zero-order chi connectivity index (χ0) is 12.5. The van der Waals surface area contributed by atoms with Gasteiger partial charge >= 0.3 is 0 Å². The van der Waals surface area contributed by atoms with Gasteiger partial charge < -0.3 is 9.80 Å². The molecular weight excluding hydrogens is 271 g/mol. The number of hydrogen-bond acceptors (Lipinski definition) is 4. The van der Waals surface area contributed by atoms with Gasteiger partial charge in [0.2, 0.25) is 5.28 Å². The SMILES string of the molecule is Clc1nc(Cl)c2c(n1)N(CCN1CCCC1)CC2. The fourth-order valence-electron chi connectivity index (χ4n) is 2.74. The smallest absolute Gasteiger partial charge is 0.225 e. The fraction of sp³-hybridized carbons (Fsp3) is 0.667. The molecule has 0 bridgehead atoms. The number of hydrogen-bond donors (Lipinski definition) is 0. The van der Waals surface area contributed by atoms with Gasteiger partial charge in [-0.05, 0) is 44.0 Å². The number of rotatable bonds is 3. The van der Waals surface area contributed by atoms with Crippen molar-refractivity contribution in [3.05, 3.63) is 16.0 Å². The van der Waals surface area contributed by atoms with Gasteiger partial charge in [-0.1, -0.05) is 11.6 Å². The molecule has 0 saturated carbocycles. The predicted octanol–water partition coefficient (Wildman–Crippen LogP) is 2.24. The van der Waals surface area contributed by atoms with Gasteiger partial charge in [-0.25, -0.2) is 9.97 Å². The summed E-state index contributed by atoms with van der Waals surface area (Å²) in [5.74, 6) is 0.930. The fourth-order valence-corrected chi connectivity index (χ4v) is 3.20. The number of nitrogens with zero attached hydrogens (tertiary/aromatic N) is 4. The molecule has 0 aromatic carbocycles. The Balaban J connectivity index is 1.69. The minimum Gasteiger partial charge on any atom is -0.355 e. The lowest BCUT2D eigenvalue weighted by Crippen LogP contribution is -2.33. The zero-order valence-electron chi connectivity index (χ0n) is 10.2. The molecule has 0 atom stereocenters. The number of aromatic nitrogens is 2. The van der Waals surface area contributed by atoms with Crippen molar-refractivity contribution in [3.63, 3.8) is 0 Å². The summed E-state index contributed by atoms with van der Waals surface area (Å²) in [5.41, 5.74) is 1.04. The molecule has 2 aliphatic heterocycles. The predicted molar refractivity (Wildman–Crippen MR) is 73.6 cm³/mol. The molecule has 6 heteroatoms. The molecule has 0 unspecified atom stereocenters. The molecule has 1 aromatic rings. The van der Waals surface area contributed by atoms with Crippen LogP contribution in [0.5, 0.6) is 0 Å². The lowest BCUT2D eigenvalue weighted by molar-refractivity contribution is 0.345. The summed E-state index contributed by atoms with van der Waals surface area (Å²) in [6.45, 7) is 5.52. The monoisotopic (exact) mass is 286 g/mol. The second-order valence-corrected chi connectivity index (χ2v) is 5.57. The van der Waals surface area contributed by atoms with Crippen LogP contribution in [0.25, 0.3) is 0 Å². The minimum atomic E-state index is 0.242. The van der Waals surface area contributed by atoms with E-state index in [4.69, 9.17) is 23.2 Å². The topological polar surface area (TPSA) is 32.3 Å². The molecular formula is C12H16Cl2N4. The first-order chi connectivity index (χ1) is 8.74. The average molecular weight is 287 g/mol. The van der Waals surface area contributed by atoms with Crippen LogP contribution in [0.1, 0.15) is 18.4 Å². The van der Waals surface area contributed by atoms with Crippen molar-refractivity contribution >= 4 is 29.0 Å². The molecule has 4 nitrogen and oxygen atoms in total. The van der Waals surface area contributed by atoms with Crippen molar-refractivity contribution in [2.45, 2.75) is 19.3 Å². The number of likely N-dealkylation sites (tertiary alicyclic amines) is 1. The Kier molecular flexibility index (Phi) is 3.59. The van der Waals surface area contributed by atoms with E-state index in [1.54, 1.807) is 0 Å². The van der Waals surface area contributed by atoms with Gasteiger partial charge in [-0.15, -0.1) is 0 Å². The lowest BCUT2D eigenvalue weighted by atomic mass is 10.3. The summed E-state index contributed by atoms with van der Waals surface area (Å²) in [7, 11) is 0. The van der Waals surface area contributed by atoms with Crippen LogP contribution in [-0.2, 0) is 6.42 Å². The minimum absolute atomic E-state index is 0.242. The molecule has 1 fully saturated rings. The third-order valence-corrected chi connectivity index (χ3v) is 4.21. The number of anilines is 1. The third-order valence-electron chi connectivity index (χ3n) is 3.72. The van der Waals surface area contributed by atoms with Crippen LogP contribution in [0.3, 0.4) is 0 Å². The highest BCUT2D eigenvalue weighted by atomic mass is 35.5. The molecule has 1 aromatic heterocycles. The van der Waals surface area contributed by atoms with Crippen LogP contribution in [0, 0.1) is 0 Å². The molecule has 0 spiro atoms. The van der Waals surface area contributed by atoms with Crippen LogP contribution in [-0.4, -0.2) is 47.6 Å². The van der Waals surface area contributed by atoms with E-state index in [9.17, 15) is 0 Å². The lowest BCUT2D eigenvalue weighted by Gasteiger charge is -2.22. The summed E-state index contributed by atoms with van der Waals surface area (Å²) in [6, 6.07) is 0. The van der Waals surface area contributed by atoms with E-state index in [1.165, 1.54) is 25.9 Å². The van der Waals surface area contributed by atoms with Gasteiger partial charge in [0.05, 0.1) is 0 Å². The van der Waals surface area contributed by atoms with Crippen molar-refractivity contribution in [2.24, 2.45) is 0 Å². The van der Waals surface area contributed by atoms with Crippen molar-refractivity contribution < 1.29 is 0 Å². The highest BCUT2D eigenvalue weighted by Crippen LogP contribution is 2.31. The van der Waals surface area contributed by atoms with E-state index >= 15 is 0 Å². The Morgan fingerprint density at radius 2 is 1.78 bits per heavy atom. The van der Waals surface area contributed by atoms with Gasteiger partial charge in [0.1, 0.15) is 11.0 Å². The summed E-state index contributed by atoms with van der Waals surface area (Å²) in [6.07, 6.45) is 3.58. The molecule has 0 aliphatic carbocycles. The summed E-state index contributed by atoms with van der Waals surface area (Å²) in [5, 5.41) is 0.750. The summed E-state index contributed by atoms with van der Waals surface area (Å²) >= 11 is 12.0. The maximum Gasteiger partial charge on any atom is 0.225 e.